The topological polar surface area (TPSA) is 78.6 Å². The number of nitrogens with zero attached hydrogens (tertiary/aromatic N) is 1. The number of carbonyl (C=O) groups is 1. The van der Waals surface area contributed by atoms with E-state index < -0.39 is 0 Å². The van der Waals surface area contributed by atoms with Gasteiger partial charge in [-0.2, -0.15) is 0 Å². The number of carbonyl (C=O) groups excluding carboxylic acids is 1. The van der Waals surface area contributed by atoms with Crippen molar-refractivity contribution >= 4 is 17.3 Å². The number of benzene rings is 1. The first-order valence-electron chi connectivity index (χ1n) is 6.16. The Hall–Kier alpha value is -1.75. The lowest BCUT2D eigenvalue weighted by Gasteiger charge is -2.24. The number of hydrogen-bond donors (Lipinski definition) is 3. The van der Waals surface area contributed by atoms with Crippen LogP contribution in [0.25, 0.3) is 0 Å². The van der Waals surface area contributed by atoms with Crippen LogP contribution in [0.2, 0.25) is 0 Å². The van der Waals surface area contributed by atoms with Crippen molar-refractivity contribution in [1.29, 1.82) is 0 Å². The van der Waals surface area contributed by atoms with Gasteiger partial charge in [-0.25, -0.2) is 0 Å². The predicted molar refractivity (Wildman–Crippen MR) is 71.5 cm³/mol. The van der Waals surface area contributed by atoms with Crippen molar-refractivity contribution in [1.82, 2.24) is 4.90 Å². The fourth-order valence-electron chi connectivity index (χ4n) is 2.40. The number of aliphatic hydroxyl groups is 1. The largest absolute Gasteiger partial charge is 0.399 e. The second kappa shape index (κ2) is 5.27. The Balaban J connectivity index is 2.28. The standard InChI is InChI=1S/C13H19N3O2/c1-15-12-7-9(14)4-5-11(12)13(18)16-6-2-3-10(16)8-17/h4-5,7,10,15,17H,2-3,6,8,14H2,1H3. The third-order valence-electron chi connectivity index (χ3n) is 3.39. The number of rotatable bonds is 3. The summed E-state index contributed by atoms with van der Waals surface area (Å²) in [6.07, 6.45) is 1.81. The van der Waals surface area contributed by atoms with Gasteiger partial charge in [-0.1, -0.05) is 0 Å². The van der Waals surface area contributed by atoms with Crippen LogP contribution in [0, 0.1) is 0 Å². The summed E-state index contributed by atoms with van der Waals surface area (Å²) < 4.78 is 0. The number of likely N-dealkylation sites (tertiary alicyclic amines) is 1. The first-order chi connectivity index (χ1) is 8.67. The summed E-state index contributed by atoms with van der Waals surface area (Å²) in [5.41, 5.74) is 7.66. The molecule has 1 aromatic rings. The minimum atomic E-state index is -0.0558. The minimum Gasteiger partial charge on any atom is -0.399 e. The summed E-state index contributed by atoms with van der Waals surface area (Å²) in [6, 6.07) is 5.14. The van der Waals surface area contributed by atoms with E-state index in [1.807, 2.05) is 0 Å². The van der Waals surface area contributed by atoms with E-state index in [-0.39, 0.29) is 18.6 Å². The van der Waals surface area contributed by atoms with Gasteiger partial charge in [-0.3, -0.25) is 4.79 Å². The van der Waals surface area contributed by atoms with Gasteiger partial charge >= 0.3 is 0 Å². The number of nitrogen functional groups attached to an aromatic ring is 1. The predicted octanol–water partition coefficient (Wildman–Crippen LogP) is 0.907. The molecular formula is C13H19N3O2. The maximum Gasteiger partial charge on any atom is 0.256 e. The molecule has 1 saturated heterocycles. The molecule has 1 aliphatic rings. The normalized spacial score (nSPS) is 19.0. The van der Waals surface area contributed by atoms with Gasteiger partial charge < -0.3 is 21.1 Å². The SMILES string of the molecule is CNc1cc(N)ccc1C(=O)N1CCCC1CO. The third-order valence-corrected chi connectivity index (χ3v) is 3.39. The molecule has 0 radical (unpaired) electrons. The smallest absolute Gasteiger partial charge is 0.256 e. The molecule has 0 bridgehead atoms. The number of anilines is 2. The summed E-state index contributed by atoms with van der Waals surface area (Å²) >= 11 is 0. The molecule has 0 spiro atoms. The van der Waals surface area contributed by atoms with Crippen LogP contribution in [-0.2, 0) is 0 Å². The third kappa shape index (κ3) is 2.26. The number of aliphatic hydroxyl groups excluding tert-OH is 1. The molecule has 18 heavy (non-hydrogen) atoms. The highest BCUT2D eigenvalue weighted by molar-refractivity contribution is 6.00. The van der Waals surface area contributed by atoms with E-state index in [1.165, 1.54) is 0 Å². The second-order valence-corrected chi connectivity index (χ2v) is 4.53. The minimum absolute atomic E-state index is 0.0234. The summed E-state index contributed by atoms with van der Waals surface area (Å²) in [6.45, 7) is 0.729. The van der Waals surface area contributed by atoms with Crippen molar-refractivity contribution in [3.63, 3.8) is 0 Å². The molecule has 98 valence electrons. The summed E-state index contributed by atoms with van der Waals surface area (Å²) in [5, 5.41) is 12.3. The highest BCUT2D eigenvalue weighted by atomic mass is 16.3. The second-order valence-electron chi connectivity index (χ2n) is 4.53. The van der Waals surface area contributed by atoms with Crippen molar-refractivity contribution < 1.29 is 9.90 Å². The van der Waals surface area contributed by atoms with Crippen molar-refractivity contribution in [2.75, 3.05) is 31.2 Å². The highest BCUT2D eigenvalue weighted by Crippen LogP contribution is 2.25. The van der Waals surface area contributed by atoms with Gasteiger partial charge in [0.2, 0.25) is 0 Å². The first kappa shape index (κ1) is 12.7. The van der Waals surface area contributed by atoms with Crippen molar-refractivity contribution in [2.45, 2.75) is 18.9 Å². The maximum absolute atomic E-state index is 12.4. The van der Waals surface area contributed by atoms with Crippen molar-refractivity contribution in [3.05, 3.63) is 23.8 Å². The Morgan fingerprint density at radius 1 is 1.61 bits per heavy atom. The molecule has 1 atom stereocenters. The molecule has 0 saturated carbocycles. The molecular weight excluding hydrogens is 230 g/mol. The van der Waals surface area contributed by atoms with Gasteiger partial charge in [0, 0.05) is 25.0 Å². The Bertz CT molecular complexity index is 448. The molecule has 1 heterocycles. The number of nitrogens with one attached hydrogen (secondary N) is 1. The van der Waals surface area contributed by atoms with Gasteiger partial charge in [0.25, 0.3) is 5.91 Å². The van der Waals surface area contributed by atoms with Crippen LogP contribution in [0.4, 0.5) is 11.4 Å². The zero-order valence-corrected chi connectivity index (χ0v) is 10.5. The van der Waals surface area contributed by atoms with Crippen LogP contribution in [-0.4, -0.2) is 42.2 Å². The van der Waals surface area contributed by atoms with Gasteiger partial charge in [0.05, 0.1) is 18.2 Å². The summed E-state index contributed by atoms with van der Waals surface area (Å²) in [4.78, 5) is 14.2. The molecule has 1 unspecified atom stereocenters. The molecule has 1 aliphatic heterocycles. The van der Waals surface area contributed by atoms with Crippen molar-refractivity contribution in [3.8, 4) is 0 Å². The maximum atomic E-state index is 12.4. The van der Waals surface area contributed by atoms with Crippen LogP contribution in [0.3, 0.4) is 0 Å². The lowest BCUT2D eigenvalue weighted by Crippen LogP contribution is -2.37. The highest BCUT2D eigenvalue weighted by Gasteiger charge is 2.29. The van der Waals surface area contributed by atoms with Crippen LogP contribution >= 0.6 is 0 Å². The zero-order chi connectivity index (χ0) is 13.1. The van der Waals surface area contributed by atoms with E-state index in [0.717, 1.165) is 18.5 Å². The molecule has 5 heteroatoms. The van der Waals surface area contributed by atoms with Gasteiger partial charge in [-0.15, -0.1) is 0 Å². The Labute approximate surface area is 107 Å². The van der Waals surface area contributed by atoms with Gasteiger partial charge in [0.15, 0.2) is 0 Å². The van der Waals surface area contributed by atoms with Crippen LogP contribution < -0.4 is 11.1 Å². The first-order valence-corrected chi connectivity index (χ1v) is 6.16. The van der Waals surface area contributed by atoms with Gasteiger partial charge in [0.1, 0.15) is 0 Å². The Morgan fingerprint density at radius 2 is 2.39 bits per heavy atom. The van der Waals surface area contributed by atoms with Crippen LogP contribution in [0.1, 0.15) is 23.2 Å². The van der Waals surface area contributed by atoms with Crippen molar-refractivity contribution in [2.24, 2.45) is 0 Å². The fourth-order valence-corrected chi connectivity index (χ4v) is 2.40. The number of hydrogen-bond acceptors (Lipinski definition) is 4. The lowest BCUT2D eigenvalue weighted by atomic mass is 10.1. The molecule has 1 amide bonds. The quantitative estimate of drug-likeness (QED) is 0.696. The van der Waals surface area contributed by atoms with Crippen LogP contribution in [0.15, 0.2) is 18.2 Å². The molecule has 1 fully saturated rings. The van der Waals surface area contributed by atoms with E-state index in [1.54, 1.807) is 30.1 Å². The summed E-state index contributed by atoms with van der Waals surface area (Å²) in [5.74, 6) is -0.0455. The molecule has 0 aliphatic carbocycles. The molecule has 2 rings (SSSR count). The molecule has 0 aromatic heterocycles. The van der Waals surface area contributed by atoms with E-state index in [4.69, 9.17) is 5.73 Å². The lowest BCUT2D eigenvalue weighted by molar-refractivity contribution is 0.0678. The Morgan fingerprint density at radius 3 is 3.06 bits per heavy atom. The van der Waals surface area contributed by atoms with E-state index in [2.05, 4.69) is 5.32 Å². The van der Waals surface area contributed by atoms with E-state index >= 15 is 0 Å². The average Bonchev–Trinajstić information content (AvgIpc) is 2.86. The summed E-state index contributed by atoms with van der Waals surface area (Å²) in [7, 11) is 1.76. The van der Waals surface area contributed by atoms with E-state index in [0.29, 0.717) is 17.8 Å². The Kier molecular flexibility index (Phi) is 3.72. The monoisotopic (exact) mass is 249 g/mol. The average molecular weight is 249 g/mol. The molecule has 1 aromatic carbocycles. The van der Waals surface area contributed by atoms with E-state index in [9.17, 15) is 9.90 Å². The number of amides is 1. The fraction of sp³-hybridized carbons (Fsp3) is 0.462. The van der Waals surface area contributed by atoms with Gasteiger partial charge in [-0.05, 0) is 31.0 Å². The van der Waals surface area contributed by atoms with Crippen LogP contribution in [0.5, 0.6) is 0 Å². The molecule has 4 N–H and O–H groups in total. The number of nitrogens with two attached hydrogens (primary N) is 1. The zero-order valence-electron chi connectivity index (χ0n) is 10.5. The molecule has 5 nitrogen and oxygen atoms in total.